The van der Waals surface area contributed by atoms with Crippen LogP contribution in [-0.4, -0.2) is 41.2 Å². The molecule has 0 aromatic heterocycles. The summed E-state index contributed by atoms with van der Waals surface area (Å²) < 4.78 is 0.898. The minimum absolute atomic E-state index is 0.0459. The first-order chi connectivity index (χ1) is 9.79. The van der Waals surface area contributed by atoms with Crippen molar-refractivity contribution in [3.05, 3.63) is 28.7 Å². The topological polar surface area (TPSA) is 78.5 Å². The van der Waals surface area contributed by atoms with Crippen LogP contribution in [0.3, 0.4) is 0 Å². The quantitative estimate of drug-likeness (QED) is 0.798. The van der Waals surface area contributed by atoms with Crippen molar-refractivity contribution in [2.24, 2.45) is 0 Å². The van der Waals surface area contributed by atoms with E-state index in [1.807, 2.05) is 0 Å². The molecule has 2 rings (SSSR count). The SMILES string of the molecule is CC1(C)NCC(=O)N(CC(=O)Nc2ccc(Br)cc2)C1=O. The van der Waals surface area contributed by atoms with Gasteiger partial charge in [0.05, 0.1) is 12.1 Å². The molecule has 1 heterocycles. The van der Waals surface area contributed by atoms with Crippen molar-refractivity contribution in [1.29, 1.82) is 0 Å². The van der Waals surface area contributed by atoms with Crippen LogP contribution < -0.4 is 10.6 Å². The lowest BCUT2D eigenvalue weighted by atomic mass is 10.0. The maximum absolute atomic E-state index is 12.1. The van der Waals surface area contributed by atoms with Crippen LogP contribution in [0.2, 0.25) is 0 Å². The number of piperazine rings is 1. The highest BCUT2D eigenvalue weighted by atomic mass is 79.9. The number of nitrogens with one attached hydrogen (secondary N) is 2. The average molecular weight is 354 g/mol. The van der Waals surface area contributed by atoms with Crippen molar-refractivity contribution in [2.45, 2.75) is 19.4 Å². The van der Waals surface area contributed by atoms with Crippen molar-refractivity contribution in [3.8, 4) is 0 Å². The average Bonchev–Trinajstić information content (AvgIpc) is 2.42. The number of carbonyl (C=O) groups is 3. The van der Waals surface area contributed by atoms with Crippen LogP contribution >= 0.6 is 15.9 Å². The highest BCUT2D eigenvalue weighted by Crippen LogP contribution is 2.15. The van der Waals surface area contributed by atoms with Crippen LogP contribution in [-0.2, 0) is 14.4 Å². The van der Waals surface area contributed by atoms with Crippen LogP contribution in [0.5, 0.6) is 0 Å². The molecule has 7 heteroatoms. The van der Waals surface area contributed by atoms with E-state index < -0.39 is 23.3 Å². The van der Waals surface area contributed by atoms with Crippen LogP contribution in [0.15, 0.2) is 28.7 Å². The van der Waals surface area contributed by atoms with E-state index >= 15 is 0 Å². The van der Waals surface area contributed by atoms with Gasteiger partial charge in [0.15, 0.2) is 0 Å². The number of halogens is 1. The van der Waals surface area contributed by atoms with Gasteiger partial charge in [0.1, 0.15) is 6.54 Å². The summed E-state index contributed by atoms with van der Waals surface area (Å²) in [4.78, 5) is 36.9. The van der Waals surface area contributed by atoms with Crippen molar-refractivity contribution in [2.75, 3.05) is 18.4 Å². The summed E-state index contributed by atoms with van der Waals surface area (Å²) in [5.41, 5.74) is -0.233. The number of imide groups is 1. The lowest BCUT2D eigenvalue weighted by molar-refractivity contribution is -0.154. The highest BCUT2D eigenvalue weighted by Gasteiger charge is 2.40. The van der Waals surface area contributed by atoms with Gasteiger partial charge in [-0.25, -0.2) is 0 Å². The third-order valence-corrected chi connectivity index (χ3v) is 3.72. The number of rotatable bonds is 3. The molecule has 0 bridgehead atoms. The first kappa shape index (κ1) is 15.7. The molecule has 0 atom stereocenters. The summed E-state index contributed by atoms with van der Waals surface area (Å²) in [6, 6.07) is 7.04. The van der Waals surface area contributed by atoms with Crippen molar-refractivity contribution >= 4 is 39.3 Å². The molecule has 0 spiro atoms. The van der Waals surface area contributed by atoms with Crippen molar-refractivity contribution in [3.63, 3.8) is 0 Å². The third kappa shape index (κ3) is 3.68. The highest BCUT2D eigenvalue weighted by molar-refractivity contribution is 9.10. The lowest BCUT2D eigenvalue weighted by Crippen LogP contribution is -2.64. The summed E-state index contributed by atoms with van der Waals surface area (Å²) in [6.07, 6.45) is 0. The smallest absolute Gasteiger partial charge is 0.249 e. The monoisotopic (exact) mass is 353 g/mol. The van der Waals surface area contributed by atoms with E-state index in [9.17, 15) is 14.4 Å². The molecule has 1 aromatic carbocycles. The molecule has 1 fully saturated rings. The maximum atomic E-state index is 12.1. The number of benzene rings is 1. The predicted molar refractivity (Wildman–Crippen MR) is 81.6 cm³/mol. The minimum Gasteiger partial charge on any atom is -0.325 e. The summed E-state index contributed by atoms with van der Waals surface area (Å²) >= 11 is 3.30. The molecule has 0 radical (unpaired) electrons. The Bertz CT molecular complexity index is 584. The van der Waals surface area contributed by atoms with Gasteiger partial charge in [0, 0.05) is 10.2 Å². The van der Waals surface area contributed by atoms with Crippen molar-refractivity contribution < 1.29 is 14.4 Å². The number of anilines is 1. The molecule has 2 N–H and O–H groups in total. The Morgan fingerprint density at radius 2 is 1.95 bits per heavy atom. The standard InChI is InChI=1S/C14H16BrN3O3/c1-14(2)13(21)18(12(20)7-16-14)8-11(19)17-10-5-3-9(15)4-6-10/h3-6,16H,7-8H2,1-2H3,(H,17,19). The predicted octanol–water partition coefficient (Wildman–Crippen LogP) is 1.12. The third-order valence-electron chi connectivity index (χ3n) is 3.19. The molecule has 1 aromatic rings. The molecule has 0 unspecified atom stereocenters. The van der Waals surface area contributed by atoms with Gasteiger partial charge in [0.25, 0.3) is 0 Å². The molecule has 0 saturated carbocycles. The summed E-state index contributed by atoms with van der Waals surface area (Å²) in [5.74, 6) is -1.20. The zero-order valence-corrected chi connectivity index (χ0v) is 13.4. The fraction of sp³-hybridized carbons (Fsp3) is 0.357. The summed E-state index contributed by atoms with van der Waals surface area (Å²) in [7, 11) is 0. The minimum atomic E-state index is -0.841. The Morgan fingerprint density at radius 1 is 1.33 bits per heavy atom. The second-order valence-corrected chi connectivity index (χ2v) is 6.23. The van der Waals surface area contributed by atoms with Crippen LogP contribution in [0.1, 0.15) is 13.8 Å². The molecule has 21 heavy (non-hydrogen) atoms. The number of nitrogens with zero attached hydrogens (tertiary/aromatic N) is 1. The summed E-state index contributed by atoms with van der Waals surface area (Å²) in [5, 5.41) is 5.50. The molecule has 6 nitrogen and oxygen atoms in total. The van der Waals surface area contributed by atoms with E-state index in [0.29, 0.717) is 5.69 Å². The van der Waals surface area contributed by atoms with E-state index in [1.54, 1.807) is 38.1 Å². The Hall–Kier alpha value is -1.73. The number of amides is 3. The Labute approximate surface area is 131 Å². The fourth-order valence-electron chi connectivity index (χ4n) is 1.96. The fourth-order valence-corrected chi connectivity index (χ4v) is 2.22. The zero-order valence-electron chi connectivity index (χ0n) is 11.8. The summed E-state index contributed by atoms with van der Waals surface area (Å²) in [6.45, 7) is 3.13. The lowest BCUT2D eigenvalue weighted by Gasteiger charge is -2.36. The van der Waals surface area contributed by atoms with E-state index in [0.717, 1.165) is 9.37 Å². The molecule has 1 aliphatic rings. The van der Waals surface area contributed by atoms with E-state index in [4.69, 9.17) is 0 Å². The van der Waals surface area contributed by atoms with E-state index in [-0.39, 0.29) is 13.1 Å². The van der Waals surface area contributed by atoms with Gasteiger partial charge in [-0.1, -0.05) is 15.9 Å². The Balaban J connectivity index is 2.02. The number of hydrogen-bond donors (Lipinski definition) is 2. The van der Waals surface area contributed by atoms with Gasteiger partial charge < -0.3 is 5.32 Å². The van der Waals surface area contributed by atoms with E-state index in [1.165, 1.54) is 0 Å². The molecule has 3 amide bonds. The molecule has 1 aliphatic heterocycles. The van der Waals surface area contributed by atoms with Gasteiger partial charge in [-0.3, -0.25) is 24.6 Å². The van der Waals surface area contributed by atoms with Crippen LogP contribution in [0.25, 0.3) is 0 Å². The second kappa shape index (κ2) is 5.95. The normalized spacial score (nSPS) is 17.8. The van der Waals surface area contributed by atoms with Gasteiger partial charge in [-0.05, 0) is 38.1 Å². The van der Waals surface area contributed by atoms with Crippen molar-refractivity contribution in [1.82, 2.24) is 10.2 Å². The van der Waals surface area contributed by atoms with Gasteiger partial charge in [0.2, 0.25) is 17.7 Å². The Kier molecular flexibility index (Phi) is 4.43. The van der Waals surface area contributed by atoms with Gasteiger partial charge >= 0.3 is 0 Å². The molecule has 1 saturated heterocycles. The van der Waals surface area contributed by atoms with Gasteiger partial charge in [-0.2, -0.15) is 0 Å². The number of carbonyl (C=O) groups excluding carboxylic acids is 3. The number of hydrogen-bond acceptors (Lipinski definition) is 4. The molecule has 112 valence electrons. The molecule has 0 aliphatic carbocycles. The second-order valence-electron chi connectivity index (χ2n) is 5.32. The zero-order chi connectivity index (χ0) is 15.6. The first-order valence-electron chi connectivity index (χ1n) is 6.45. The molecular formula is C14H16BrN3O3. The maximum Gasteiger partial charge on any atom is 0.249 e. The largest absolute Gasteiger partial charge is 0.325 e. The van der Waals surface area contributed by atoms with E-state index in [2.05, 4.69) is 26.6 Å². The Morgan fingerprint density at radius 3 is 2.57 bits per heavy atom. The first-order valence-corrected chi connectivity index (χ1v) is 7.24. The van der Waals surface area contributed by atoms with Crippen LogP contribution in [0, 0.1) is 0 Å². The molecular weight excluding hydrogens is 338 g/mol. The van der Waals surface area contributed by atoms with Gasteiger partial charge in [-0.15, -0.1) is 0 Å². The van der Waals surface area contributed by atoms with Crippen LogP contribution in [0.4, 0.5) is 5.69 Å².